The van der Waals surface area contributed by atoms with Gasteiger partial charge in [0.15, 0.2) is 0 Å². The number of ether oxygens (including phenoxy) is 2. The fraction of sp³-hybridized carbons (Fsp3) is 0.333. The molecule has 1 aliphatic carbocycles. The Morgan fingerprint density at radius 1 is 1.36 bits per heavy atom. The predicted molar refractivity (Wildman–Crippen MR) is 87.7 cm³/mol. The molecule has 1 aromatic heterocycles. The summed E-state index contributed by atoms with van der Waals surface area (Å²) in [6.07, 6.45) is 4.57. The van der Waals surface area contributed by atoms with Crippen LogP contribution in [0.3, 0.4) is 0 Å². The van der Waals surface area contributed by atoms with Crippen LogP contribution in [-0.2, 0) is 14.3 Å². The zero-order valence-electron chi connectivity index (χ0n) is 12.6. The molecule has 1 aliphatic heterocycles. The molecule has 1 saturated heterocycles. The molecule has 10 heteroatoms. The lowest BCUT2D eigenvalue weighted by Gasteiger charge is -2.36. The summed E-state index contributed by atoms with van der Waals surface area (Å²) >= 11 is 12.0. The van der Waals surface area contributed by atoms with E-state index in [9.17, 15) is 13.6 Å². The number of nitrogens with zero attached hydrogens (tertiary/aromatic N) is 1. The van der Waals surface area contributed by atoms with Gasteiger partial charge in [-0.1, -0.05) is 23.2 Å². The maximum atomic E-state index is 12.6. The van der Waals surface area contributed by atoms with Gasteiger partial charge in [-0.2, -0.15) is 8.78 Å². The monoisotopic (exact) mass is 391 g/mol. The molecule has 0 bridgehead atoms. The van der Waals surface area contributed by atoms with Crippen molar-refractivity contribution in [3.63, 3.8) is 0 Å². The van der Waals surface area contributed by atoms with E-state index in [4.69, 9.17) is 27.9 Å². The van der Waals surface area contributed by atoms with Gasteiger partial charge < -0.3 is 20.1 Å². The van der Waals surface area contributed by atoms with E-state index in [0.29, 0.717) is 13.2 Å². The molecule has 1 amide bonds. The molecule has 2 N–H and O–H groups in total. The van der Waals surface area contributed by atoms with E-state index < -0.39 is 24.7 Å². The number of carbonyl (C=O) groups excluding carboxylic acids is 1. The number of hydrogen-bond donors (Lipinski definition) is 2. The minimum Gasteiger partial charge on any atom is -0.436 e. The van der Waals surface area contributed by atoms with E-state index in [2.05, 4.69) is 20.4 Å². The van der Waals surface area contributed by atoms with Crippen LogP contribution >= 0.6 is 23.2 Å². The Labute approximate surface area is 151 Å². The van der Waals surface area contributed by atoms with Crippen LogP contribution < -0.4 is 10.6 Å². The second kappa shape index (κ2) is 7.65. The predicted octanol–water partition coefficient (Wildman–Crippen LogP) is 2.75. The molecular formula is C15H13Cl2F2N3O3. The number of halogens is 4. The van der Waals surface area contributed by atoms with Crippen molar-refractivity contribution in [3.05, 3.63) is 45.9 Å². The van der Waals surface area contributed by atoms with Gasteiger partial charge in [-0.05, 0) is 12.2 Å². The molecule has 134 valence electrons. The van der Waals surface area contributed by atoms with Crippen LogP contribution in [0.4, 0.5) is 14.5 Å². The van der Waals surface area contributed by atoms with Crippen molar-refractivity contribution < 1.29 is 23.0 Å². The van der Waals surface area contributed by atoms with Crippen LogP contribution in [-0.4, -0.2) is 42.8 Å². The number of pyridine rings is 1. The number of rotatable bonds is 4. The fourth-order valence-electron chi connectivity index (χ4n) is 2.64. The largest absolute Gasteiger partial charge is 0.436 e. The number of fused-ring (bicyclic) bond motifs is 1. The first-order chi connectivity index (χ1) is 12.0. The van der Waals surface area contributed by atoms with Crippen molar-refractivity contribution in [2.24, 2.45) is 0 Å². The smallest absolute Gasteiger partial charge is 0.387 e. The second-order valence-electron chi connectivity index (χ2n) is 5.23. The molecule has 0 aromatic carbocycles. The first-order valence-electron chi connectivity index (χ1n) is 7.29. The Morgan fingerprint density at radius 3 is 2.76 bits per heavy atom. The second-order valence-corrected chi connectivity index (χ2v) is 6.04. The van der Waals surface area contributed by atoms with E-state index >= 15 is 0 Å². The average molecular weight is 392 g/mol. The van der Waals surface area contributed by atoms with Gasteiger partial charge in [0.2, 0.25) is 0 Å². The number of carbonyl (C=O) groups is 1. The van der Waals surface area contributed by atoms with Crippen molar-refractivity contribution in [1.82, 2.24) is 10.3 Å². The molecule has 0 saturated carbocycles. The molecule has 2 atom stereocenters. The molecule has 25 heavy (non-hydrogen) atoms. The number of nitrogens with one attached hydrogen (secondary N) is 2. The van der Waals surface area contributed by atoms with Crippen LogP contribution in [0.25, 0.3) is 0 Å². The Morgan fingerprint density at radius 2 is 2.08 bits per heavy atom. The SMILES string of the molecule is O=C(Nc1c(Cl)cncc1Cl)C1=CC=C(OC(F)F)C2OCCNC12. The minimum atomic E-state index is -2.98. The Kier molecular flexibility index (Phi) is 5.53. The van der Waals surface area contributed by atoms with Gasteiger partial charge in [0.25, 0.3) is 5.91 Å². The van der Waals surface area contributed by atoms with Gasteiger partial charge in [-0.15, -0.1) is 0 Å². The van der Waals surface area contributed by atoms with Crippen LogP contribution in [0, 0.1) is 0 Å². The van der Waals surface area contributed by atoms with Crippen molar-refractivity contribution in [3.8, 4) is 0 Å². The number of anilines is 1. The molecule has 2 heterocycles. The number of alkyl halides is 2. The number of amides is 1. The highest BCUT2D eigenvalue weighted by atomic mass is 35.5. The minimum absolute atomic E-state index is 0.0382. The standard InChI is InChI=1S/C15H13Cl2F2N3O3/c16-8-5-20-6-9(17)12(8)22-14(23)7-1-2-10(25-15(18)19)13-11(7)21-3-4-24-13/h1-2,5-6,11,13,15,21H,3-4H2,(H,20,22,23). The summed E-state index contributed by atoms with van der Waals surface area (Å²) in [7, 11) is 0. The van der Waals surface area contributed by atoms with E-state index in [0.717, 1.165) is 0 Å². The Bertz CT molecular complexity index is 722. The molecule has 2 aliphatic rings. The summed E-state index contributed by atoms with van der Waals surface area (Å²) in [5.74, 6) is -0.529. The number of allylic oxidation sites excluding steroid dienone is 2. The molecule has 3 rings (SSSR count). The highest BCUT2D eigenvalue weighted by Gasteiger charge is 2.38. The molecule has 0 radical (unpaired) electrons. The van der Waals surface area contributed by atoms with Crippen LogP contribution in [0.5, 0.6) is 0 Å². The molecule has 0 spiro atoms. The summed E-state index contributed by atoms with van der Waals surface area (Å²) in [5, 5.41) is 6.04. The van der Waals surface area contributed by atoms with Crippen LogP contribution in [0.2, 0.25) is 10.0 Å². The quantitative estimate of drug-likeness (QED) is 0.825. The summed E-state index contributed by atoms with van der Waals surface area (Å²) in [4.78, 5) is 16.4. The average Bonchev–Trinajstić information content (AvgIpc) is 2.58. The van der Waals surface area contributed by atoms with Gasteiger partial charge in [0.05, 0.1) is 28.4 Å². The van der Waals surface area contributed by atoms with E-state index in [1.54, 1.807) is 0 Å². The fourth-order valence-corrected chi connectivity index (χ4v) is 3.10. The van der Waals surface area contributed by atoms with Crippen LogP contribution in [0.1, 0.15) is 0 Å². The Hall–Kier alpha value is -1.74. The zero-order valence-corrected chi connectivity index (χ0v) is 14.2. The van der Waals surface area contributed by atoms with Crippen molar-refractivity contribution >= 4 is 34.8 Å². The lowest BCUT2D eigenvalue weighted by molar-refractivity contribution is -0.126. The van der Waals surface area contributed by atoms with E-state index in [-0.39, 0.29) is 27.1 Å². The van der Waals surface area contributed by atoms with Crippen molar-refractivity contribution in [2.45, 2.75) is 18.8 Å². The number of aromatic nitrogens is 1. The zero-order chi connectivity index (χ0) is 18.0. The van der Waals surface area contributed by atoms with Gasteiger partial charge in [-0.25, -0.2) is 0 Å². The van der Waals surface area contributed by atoms with Gasteiger partial charge in [0, 0.05) is 24.5 Å². The summed E-state index contributed by atoms with van der Waals surface area (Å²) < 4.78 is 35.1. The van der Waals surface area contributed by atoms with E-state index in [1.165, 1.54) is 24.5 Å². The van der Waals surface area contributed by atoms with Crippen molar-refractivity contribution in [1.29, 1.82) is 0 Å². The third-order valence-corrected chi connectivity index (χ3v) is 4.26. The molecule has 6 nitrogen and oxygen atoms in total. The maximum absolute atomic E-state index is 12.6. The third kappa shape index (κ3) is 3.92. The summed E-state index contributed by atoms with van der Waals surface area (Å²) in [5.41, 5.74) is 0.506. The highest BCUT2D eigenvalue weighted by molar-refractivity contribution is 6.39. The number of hydrogen-bond acceptors (Lipinski definition) is 5. The Balaban J connectivity index is 1.86. The lowest BCUT2D eigenvalue weighted by Crippen LogP contribution is -2.53. The number of morpholine rings is 1. The highest BCUT2D eigenvalue weighted by Crippen LogP contribution is 2.31. The molecular weight excluding hydrogens is 379 g/mol. The topological polar surface area (TPSA) is 72.5 Å². The lowest BCUT2D eigenvalue weighted by atomic mass is 9.93. The maximum Gasteiger partial charge on any atom is 0.387 e. The first kappa shape index (κ1) is 18.1. The summed E-state index contributed by atoms with van der Waals surface area (Å²) in [6.45, 7) is -2.21. The van der Waals surface area contributed by atoms with Crippen molar-refractivity contribution in [2.75, 3.05) is 18.5 Å². The van der Waals surface area contributed by atoms with E-state index in [1.807, 2.05) is 0 Å². The normalized spacial score (nSPS) is 22.8. The molecule has 2 unspecified atom stereocenters. The van der Waals surface area contributed by atoms with Gasteiger partial charge in [-0.3, -0.25) is 9.78 Å². The molecule has 1 fully saturated rings. The third-order valence-electron chi connectivity index (χ3n) is 3.69. The summed E-state index contributed by atoms with van der Waals surface area (Å²) in [6, 6.07) is -0.633. The van der Waals surface area contributed by atoms with Gasteiger partial charge in [0.1, 0.15) is 11.9 Å². The van der Waals surface area contributed by atoms with Gasteiger partial charge >= 0.3 is 6.61 Å². The van der Waals surface area contributed by atoms with Crippen LogP contribution in [0.15, 0.2) is 35.9 Å². The first-order valence-corrected chi connectivity index (χ1v) is 8.05. The molecule has 1 aromatic rings.